The molecule has 1 fully saturated rings. The van der Waals surface area contributed by atoms with E-state index in [1.54, 1.807) is 18.2 Å². The summed E-state index contributed by atoms with van der Waals surface area (Å²) in [6, 6.07) is 11.4. The third-order valence-electron chi connectivity index (χ3n) is 6.24. The van der Waals surface area contributed by atoms with Gasteiger partial charge in [-0.25, -0.2) is 17.9 Å². The van der Waals surface area contributed by atoms with Gasteiger partial charge in [0, 0.05) is 44.5 Å². The highest BCUT2D eigenvalue weighted by atomic mass is 32.2. The zero-order valence-corrected chi connectivity index (χ0v) is 20.8. The molecule has 2 heterocycles. The Balaban J connectivity index is 1.54. The summed E-state index contributed by atoms with van der Waals surface area (Å²) in [5, 5.41) is 8.65. The summed E-state index contributed by atoms with van der Waals surface area (Å²) in [6.07, 6.45) is 11.5. The van der Waals surface area contributed by atoms with Crippen LogP contribution in [-0.4, -0.2) is 72.8 Å². The van der Waals surface area contributed by atoms with Crippen molar-refractivity contribution in [3.05, 3.63) is 84.2 Å². The quantitative estimate of drug-likeness (QED) is 0.218. The van der Waals surface area contributed by atoms with E-state index in [1.165, 1.54) is 23.9 Å². The summed E-state index contributed by atoms with van der Waals surface area (Å²) >= 11 is 0. The molecule has 0 spiro atoms. The molecule has 0 bridgehead atoms. The number of allylic oxidation sites excluding steroid dienone is 2. The number of hydrogen-bond donors (Lipinski definition) is 2. The molecular formula is C26H31N3O6S. The van der Waals surface area contributed by atoms with E-state index in [2.05, 4.69) is 4.90 Å². The van der Waals surface area contributed by atoms with Crippen LogP contribution < -0.4 is 5.48 Å². The number of carbonyl (C=O) groups is 1. The minimum absolute atomic E-state index is 0.157. The summed E-state index contributed by atoms with van der Waals surface area (Å²) in [7, 11) is -4.01. The monoisotopic (exact) mass is 513 g/mol. The maximum atomic E-state index is 13.8. The standard InChI is InChI=1S/C26H31N3O6S/c30-25(27-31)8-7-22-11-15-29(21-22)36(32,33)26(35-18-4-14-28-16-19-34-20-17-28)12-9-24(10-13-26)23-5-2-1-3-6-23/h1-3,5-12,15,21,31H,4,13-14,16-20H2,(H,27,30)/b8-7+. The Hall–Kier alpha value is -3.02. The van der Waals surface area contributed by atoms with Gasteiger partial charge < -0.3 is 9.47 Å². The highest BCUT2D eigenvalue weighted by Gasteiger charge is 2.44. The maximum absolute atomic E-state index is 13.8. The van der Waals surface area contributed by atoms with E-state index < -0.39 is 20.9 Å². The molecule has 0 radical (unpaired) electrons. The van der Waals surface area contributed by atoms with E-state index in [4.69, 9.17) is 14.7 Å². The summed E-state index contributed by atoms with van der Waals surface area (Å²) in [4.78, 5) is 12.0. The van der Waals surface area contributed by atoms with E-state index in [-0.39, 0.29) is 13.0 Å². The van der Waals surface area contributed by atoms with Crippen LogP contribution in [0.4, 0.5) is 0 Å². The minimum atomic E-state index is -4.01. The van der Waals surface area contributed by atoms with Gasteiger partial charge in [0.25, 0.3) is 15.9 Å². The van der Waals surface area contributed by atoms with Crippen LogP contribution in [0.25, 0.3) is 11.6 Å². The molecular weight excluding hydrogens is 482 g/mol. The van der Waals surface area contributed by atoms with Crippen LogP contribution >= 0.6 is 0 Å². The number of ether oxygens (including phenoxy) is 2. The Kier molecular flexibility index (Phi) is 8.55. The minimum Gasteiger partial charge on any atom is -0.379 e. The third-order valence-corrected chi connectivity index (χ3v) is 8.32. The van der Waals surface area contributed by atoms with E-state index in [0.717, 1.165) is 40.8 Å². The fourth-order valence-corrected chi connectivity index (χ4v) is 5.81. The largest absolute Gasteiger partial charge is 0.379 e. The van der Waals surface area contributed by atoms with Crippen LogP contribution in [0.3, 0.4) is 0 Å². The predicted octanol–water partition coefficient (Wildman–Crippen LogP) is 2.66. The Morgan fingerprint density at radius 3 is 2.67 bits per heavy atom. The molecule has 2 N–H and O–H groups in total. The van der Waals surface area contributed by atoms with E-state index in [0.29, 0.717) is 25.2 Å². The van der Waals surface area contributed by atoms with Crippen LogP contribution in [0.1, 0.15) is 24.0 Å². The summed E-state index contributed by atoms with van der Waals surface area (Å²) < 4.78 is 40.4. The van der Waals surface area contributed by atoms with E-state index >= 15 is 0 Å². The Morgan fingerprint density at radius 1 is 1.19 bits per heavy atom. The normalized spacial score (nSPS) is 21.0. The topological polar surface area (TPSA) is 110 Å². The molecule has 1 aromatic heterocycles. The van der Waals surface area contributed by atoms with Gasteiger partial charge in [-0.2, -0.15) is 0 Å². The lowest BCUT2D eigenvalue weighted by Crippen LogP contribution is -2.44. The third kappa shape index (κ3) is 6.03. The molecule has 1 saturated heterocycles. The number of morpholine rings is 1. The second-order valence-electron chi connectivity index (χ2n) is 8.62. The van der Waals surface area contributed by atoms with Crippen molar-refractivity contribution >= 4 is 27.6 Å². The summed E-state index contributed by atoms with van der Waals surface area (Å²) in [5.74, 6) is -0.709. The van der Waals surface area contributed by atoms with Crippen molar-refractivity contribution in [1.82, 2.24) is 14.4 Å². The molecule has 1 aliphatic carbocycles. The fourth-order valence-electron chi connectivity index (χ4n) is 4.21. The lowest BCUT2D eigenvalue weighted by molar-refractivity contribution is -0.124. The number of aromatic nitrogens is 1. The Labute approximate surface area is 211 Å². The zero-order valence-electron chi connectivity index (χ0n) is 20.0. The highest BCUT2D eigenvalue weighted by molar-refractivity contribution is 7.91. The molecule has 0 saturated carbocycles. The van der Waals surface area contributed by atoms with Gasteiger partial charge in [-0.1, -0.05) is 42.5 Å². The first-order valence-electron chi connectivity index (χ1n) is 11.9. The maximum Gasteiger partial charge on any atom is 0.272 e. The van der Waals surface area contributed by atoms with E-state index in [1.807, 2.05) is 36.4 Å². The lowest BCUT2D eigenvalue weighted by Gasteiger charge is -2.33. The molecule has 9 nitrogen and oxygen atoms in total. The highest BCUT2D eigenvalue weighted by Crippen LogP contribution is 2.35. The molecule has 36 heavy (non-hydrogen) atoms. The van der Waals surface area contributed by atoms with Crippen molar-refractivity contribution in [3.63, 3.8) is 0 Å². The van der Waals surface area contributed by atoms with Gasteiger partial charge in [0.15, 0.2) is 0 Å². The lowest BCUT2D eigenvalue weighted by atomic mass is 9.98. The van der Waals surface area contributed by atoms with Crippen molar-refractivity contribution in [2.75, 3.05) is 39.5 Å². The van der Waals surface area contributed by atoms with E-state index in [9.17, 15) is 13.2 Å². The molecule has 2 aliphatic rings. The van der Waals surface area contributed by atoms with Gasteiger partial charge in [-0.05, 0) is 41.3 Å². The molecule has 1 amide bonds. The van der Waals surface area contributed by atoms with Crippen molar-refractivity contribution in [1.29, 1.82) is 0 Å². The van der Waals surface area contributed by atoms with Crippen molar-refractivity contribution in [2.45, 2.75) is 17.8 Å². The first kappa shape index (κ1) is 26.1. The predicted molar refractivity (Wildman–Crippen MR) is 136 cm³/mol. The smallest absolute Gasteiger partial charge is 0.272 e. The molecule has 1 aromatic carbocycles. The van der Waals surface area contributed by atoms with Crippen molar-refractivity contribution in [3.8, 4) is 0 Å². The number of benzene rings is 1. The first-order chi connectivity index (χ1) is 17.4. The Bertz CT molecular complexity index is 1230. The zero-order chi connectivity index (χ0) is 25.4. The van der Waals surface area contributed by atoms with Crippen molar-refractivity contribution < 1.29 is 27.9 Å². The number of carbonyl (C=O) groups excluding carboxylic acids is 1. The van der Waals surface area contributed by atoms with Gasteiger partial charge >= 0.3 is 0 Å². The number of rotatable bonds is 10. The number of amides is 1. The van der Waals surface area contributed by atoms with Gasteiger partial charge in [0.1, 0.15) is 0 Å². The van der Waals surface area contributed by atoms with Crippen LogP contribution in [0.5, 0.6) is 0 Å². The molecule has 2 aromatic rings. The SMILES string of the molecule is O=C(/C=C/c1ccn(S(=O)(=O)C2(OCCCN3CCOCC3)C=CC(c3ccccc3)=CC2)c1)NO. The first-order valence-corrected chi connectivity index (χ1v) is 13.3. The van der Waals surface area contributed by atoms with Gasteiger partial charge in [-0.15, -0.1) is 0 Å². The van der Waals surface area contributed by atoms with Crippen LogP contribution in [0.2, 0.25) is 0 Å². The van der Waals surface area contributed by atoms with Gasteiger partial charge in [-0.3, -0.25) is 14.9 Å². The molecule has 4 rings (SSSR count). The number of hydroxylamine groups is 1. The number of nitrogens with one attached hydrogen (secondary N) is 1. The average molecular weight is 514 g/mol. The molecule has 192 valence electrons. The molecule has 1 aliphatic heterocycles. The van der Waals surface area contributed by atoms with Gasteiger partial charge in [0.2, 0.25) is 4.93 Å². The van der Waals surface area contributed by atoms with Crippen molar-refractivity contribution in [2.24, 2.45) is 0 Å². The summed E-state index contributed by atoms with van der Waals surface area (Å²) in [5.41, 5.74) is 3.93. The second-order valence-corrected chi connectivity index (χ2v) is 10.7. The Morgan fingerprint density at radius 2 is 1.97 bits per heavy atom. The molecule has 1 atom stereocenters. The fraction of sp³-hybridized carbons (Fsp3) is 0.346. The van der Waals surface area contributed by atoms with Crippen LogP contribution in [0, 0.1) is 0 Å². The average Bonchev–Trinajstić information content (AvgIpc) is 3.41. The summed E-state index contributed by atoms with van der Waals surface area (Å²) in [6.45, 7) is 4.22. The van der Waals surface area contributed by atoms with Crippen LogP contribution in [-0.2, 0) is 24.3 Å². The van der Waals surface area contributed by atoms with Gasteiger partial charge in [0.05, 0.1) is 19.8 Å². The number of hydrogen-bond acceptors (Lipinski definition) is 7. The van der Waals surface area contributed by atoms with Crippen LogP contribution in [0.15, 0.2) is 73.1 Å². The second kappa shape index (κ2) is 11.8. The molecule has 10 heteroatoms. The molecule has 1 unspecified atom stereocenters. The number of nitrogens with zero attached hydrogens (tertiary/aromatic N) is 2.